The summed E-state index contributed by atoms with van der Waals surface area (Å²) in [6.07, 6.45) is 1.36. The molecule has 0 saturated carbocycles. The van der Waals surface area contributed by atoms with E-state index in [2.05, 4.69) is 4.98 Å². The molecular weight excluding hydrogens is 464 g/mol. The summed E-state index contributed by atoms with van der Waals surface area (Å²) in [6, 6.07) is 8.86. The Morgan fingerprint density at radius 1 is 0.882 bits per heavy atom. The number of hydrogen-bond donors (Lipinski definition) is 0. The van der Waals surface area contributed by atoms with Crippen molar-refractivity contribution in [3.8, 4) is 5.69 Å². The molecule has 2 aromatic heterocycles. The highest BCUT2D eigenvalue weighted by atomic mass is 35.5. The Kier molecular flexibility index (Phi) is 7.47. The van der Waals surface area contributed by atoms with Crippen LogP contribution in [0, 0.1) is 13.8 Å². The van der Waals surface area contributed by atoms with Crippen molar-refractivity contribution < 1.29 is 33.4 Å². The van der Waals surface area contributed by atoms with Gasteiger partial charge in [-0.05, 0) is 50.2 Å². The van der Waals surface area contributed by atoms with Gasteiger partial charge in [-0.25, -0.2) is 19.4 Å². The van der Waals surface area contributed by atoms with Crippen LogP contribution in [0.3, 0.4) is 0 Å². The molecule has 0 atom stereocenters. The molecule has 176 valence electrons. The van der Waals surface area contributed by atoms with Crippen LogP contribution in [-0.2, 0) is 14.2 Å². The second-order valence-electron chi connectivity index (χ2n) is 7.24. The number of Topliss-reactive ketones (excluding diaryl/α,β-unsaturated/α-hetero) is 1. The van der Waals surface area contributed by atoms with Gasteiger partial charge in [-0.1, -0.05) is 11.6 Å². The molecule has 0 N–H and O–H groups in total. The van der Waals surface area contributed by atoms with E-state index in [0.29, 0.717) is 22.6 Å². The van der Waals surface area contributed by atoms with Crippen LogP contribution in [0.4, 0.5) is 0 Å². The number of ketones is 1. The van der Waals surface area contributed by atoms with E-state index in [1.165, 1.54) is 38.6 Å². The lowest BCUT2D eigenvalue weighted by molar-refractivity contribution is 0.0474. The number of carbonyl (C=O) groups excluding carboxylic acids is 4. The number of hydrogen-bond acceptors (Lipinski definition) is 8. The zero-order valence-corrected chi connectivity index (χ0v) is 19.6. The number of benzene rings is 1. The maximum absolute atomic E-state index is 12.8. The molecule has 0 fully saturated rings. The number of halogens is 1. The maximum atomic E-state index is 12.8. The van der Waals surface area contributed by atoms with Crippen molar-refractivity contribution in [3.63, 3.8) is 0 Å². The summed E-state index contributed by atoms with van der Waals surface area (Å²) in [4.78, 5) is 53.1. The Balaban J connectivity index is 1.91. The lowest BCUT2D eigenvalue weighted by Gasteiger charge is -2.13. The molecule has 0 aliphatic heterocycles. The molecule has 0 amide bonds. The van der Waals surface area contributed by atoms with E-state index in [1.807, 2.05) is 0 Å². The van der Waals surface area contributed by atoms with E-state index in [1.54, 1.807) is 36.6 Å². The first-order valence-corrected chi connectivity index (χ1v) is 10.4. The third kappa shape index (κ3) is 5.15. The highest BCUT2D eigenvalue weighted by Crippen LogP contribution is 2.24. The van der Waals surface area contributed by atoms with E-state index in [4.69, 9.17) is 25.8 Å². The summed E-state index contributed by atoms with van der Waals surface area (Å²) in [5.74, 6) is -2.40. The van der Waals surface area contributed by atoms with Crippen LogP contribution < -0.4 is 0 Å². The van der Waals surface area contributed by atoms with Crippen molar-refractivity contribution in [1.29, 1.82) is 0 Å². The Hall–Kier alpha value is -3.98. The number of ether oxygens (including phenoxy) is 3. The summed E-state index contributed by atoms with van der Waals surface area (Å²) < 4.78 is 16.4. The predicted molar refractivity (Wildman–Crippen MR) is 122 cm³/mol. The van der Waals surface area contributed by atoms with Gasteiger partial charge in [0.05, 0.1) is 30.9 Å². The molecule has 0 radical (unpaired) electrons. The Labute approximate surface area is 200 Å². The van der Waals surface area contributed by atoms with Crippen LogP contribution in [0.15, 0.2) is 42.6 Å². The summed E-state index contributed by atoms with van der Waals surface area (Å²) >= 11 is 5.78. The molecule has 0 bridgehead atoms. The van der Waals surface area contributed by atoms with Gasteiger partial charge < -0.3 is 18.8 Å². The van der Waals surface area contributed by atoms with Crippen molar-refractivity contribution >= 4 is 35.3 Å². The van der Waals surface area contributed by atoms with Gasteiger partial charge in [0.2, 0.25) is 5.78 Å². The smallest absolute Gasteiger partial charge is 0.338 e. The number of rotatable bonds is 7. The fourth-order valence-electron chi connectivity index (χ4n) is 3.48. The summed E-state index contributed by atoms with van der Waals surface area (Å²) in [5, 5.41) is 0.129. The van der Waals surface area contributed by atoms with E-state index < -0.39 is 30.3 Å². The van der Waals surface area contributed by atoms with Crippen molar-refractivity contribution in [3.05, 3.63) is 81.4 Å². The molecule has 34 heavy (non-hydrogen) atoms. The Morgan fingerprint density at radius 3 is 2.06 bits per heavy atom. The van der Waals surface area contributed by atoms with Gasteiger partial charge in [0.25, 0.3) is 0 Å². The van der Waals surface area contributed by atoms with Gasteiger partial charge in [0.1, 0.15) is 5.15 Å². The molecule has 1 aromatic carbocycles. The van der Waals surface area contributed by atoms with E-state index in [-0.39, 0.29) is 21.8 Å². The fourth-order valence-corrected chi connectivity index (χ4v) is 3.65. The predicted octanol–water partition coefficient (Wildman–Crippen LogP) is 3.76. The van der Waals surface area contributed by atoms with Gasteiger partial charge in [0.15, 0.2) is 6.61 Å². The first-order valence-electron chi connectivity index (χ1n) is 9.99. The first kappa shape index (κ1) is 24.7. The number of esters is 3. The minimum Gasteiger partial charge on any atom is -0.465 e. The van der Waals surface area contributed by atoms with E-state index in [9.17, 15) is 19.2 Å². The van der Waals surface area contributed by atoms with Crippen LogP contribution in [0.1, 0.15) is 52.8 Å². The molecular formula is C24H21ClN2O7. The third-order valence-electron chi connectivity index (χ3n) is 5.05. The number of aromatic nitrogens is 2. The number of aryl methyl sites for hydroxylation is 1. The van der Waals surface area contributed by atoms with Crippen LogP contribution in [0.5, 0.6) is 0 Å². The molecule has 9 nitrogen and oxygen atoms in total. The molecule has 0 spiro atoms. The van der Waals surface area contributed by atoms with Crippen LogP contribution in [0.2, 0.25) is 5.15 Å². The summed E-state index contributed by atoms with van der Waals surface area (Å²) in [5.41, 5.74) is 2.43. The molecule has 0 aliphatic carbocycles. The molecule has 2 heterocycles. The van der Waals surface area contributed by atoms with E-state index in [0.717, 1.165) is 0 Å². The molecule has 0 saturated heterocycles. The summed E-state index contributed by atoms with van der Waals surface area (Å²) in [6.45, 7) is 2.98. The highest BCUT2D eigenvalue weighted by molar-refractivity contribution is 6.29. The second-order valence-corrected chi connectivity index (χ2v) is 7.63. The second kappa shape index (κ2) is 10.3. The summed E-state index contributed by atoms with van der Waals surface area (Å²) in [7, 11) is 2.47. The number of methoxy groups -OCH3 is 2. The molecule has 0 unspecified atom stereocenters. The van der Waals surface area contributed by atoms with E-state index >= 15 is 0 Å². The standard InChI is InChI=1S/C24H21ClN2O7/c1-13-7-19(20(28)12-34-24(31)15-5-6-26-21(25)11-15)14(2)27(13)18-9-16(22(29)32-3)8-17(10-18)23(30)33-4/h5-11H,12H2,1-4H3. The van der Waals surface area contributed by atoms with Crippen LogP contribution in [0.25, 0.3) is 5.69 Å². The first-order chi connectivity index (χ1) is 16.2. The van der Waals surface area contributed by atoms with Crippen LogP contribution in [-0.4, -0.2) is 54.1 Å². The minimum absolute atomic E-state index is 0.129. The van der Waals surface area contributed by atoms with Gasteiger partial charge in [-0.2, -0.15) is 0 Å². The average Bonchev–Trinajstić information content (AvgIpc) is 3.14. The lowest BCUT2D eigenvalue weighted by atomic mass is 10.1. The van der Waals surface area contributed by atoms with Crippen molar-refractivity contribution in [2.75, 3.05) is 20.8 Å². The van der Waals surface area contributed by atoms with Gasteiger partial charge in [-0.3, -0.25) is 4.79 Å². The minimum atomic E-state index is -0.708. The zero-order chi connectivity index (χ0) is 25.0. The Bertz CT molecular complexity index is 1260. The molecule has 10 heteroatoms. The zero-order valence-electron chi connectivity index (χ0n) is 18.9. The Morgan fingerprint density at radius 2 is 1.50 bits per heavy atom. The van der Waals surface area contributed by atoms with Crippen LogP contribution >= 0.6 is 11.6 Å². The normalized spacial score (nSPS) is 10.5. The molecule has 3 rings (SSSR count). The fraction of sp³-hybridized carbons (Fsp3) is 0.208. The lowest BCUT2D eigenvalue weighted by Crippen LogP contribution is -2.15. The number of carbonyl (C=O) groups is 4. The molecule has 3 aromatic rings. The largest absolute Gasteiger partial charge is 0.465 e. The highest BCUT2D eigenvalue weighted by Gasteiger charge is 2.21. The molecule has 0 aliphatic rings. The SMILES string of the molecule is COC(=O)c1cc(C(=O)OC)cc(-n2c(C)cc(C(=O)COC(=O)c3ccnc(Cl)c3)c2C)c1. The van der Waals surface area contributed by atoms with Crippen molar-refractivity contribution in [1.82, 2.24) is 9.55 Å². The quantitative estimate of drug-likeness (QED) is 0.215. The maximum Gasteiger partial charge on any atom is 0.338 e. The monoisotopic (exact) mass is 484 g/mol. The van der Waals surface area contributed by atoms with Gasteiger partial charge in [-0.15, -0.1) is 0 Å². The number of pyridine rings is 1. The van der Waals surface area contributed by atoms with Crippen molar-refractivity contribution in [2.24, 2.45) is 0 Å². The van der Waals surface area contributed by atoms with Gasteiger partial charge >= 0.3 is 17.9 Å². The average molecular weight is 485 g/mol. The third-order valence-corrected chi connectivity index (χ3v) is 5.25. The van der Waals surface area contributed by atoms with Gasteiger partial charge in [0, 0.05) is 28.8 Å². The number of nitrogens with zero attached hydrogens (tertiary/aromatic N) is 2. The van der Waals surface area contributed by atoms with Crippen molar-refractivity contribution in [2.45, 2.75) is 13.8 Å². The topological polar surface area (TPSA) is 114 Å².